The summed E-state index contributed by atoms with van der Waals surface area (Å²) in [5, 5.41) is -0.850. The molecule has 0 unspecified atom stereocenters. The van der Waals surface area contributed by atoms with E-state index < -0.39 is 32.4 Å². The minimum atomic E-state index is -3.44. The van der Waals surface area contributed by atoms with E-state index >= 15 is 0 Å². The van der Waals surface area contributed by atoms with Gasteiger partial charge in [-0.1, -0.05) is 12.1 Å². The SMILES string of the molecule is CCOC(=O)[C@@]1(CN)[C@H](c2ccc(OC)cc2)[C@@H]1S(C)(=O)=O. The lowest BCUT2D eigenvalue weighted by molar-refractivity contribution is -0.149. The summed E-state index contributed by atoms with van der Waals surface area (Å²) in [6, 6.07) is 7.00. The van der Waals surface area contributed by atoms with E-state index in [4.69, 9.17) is 15.2 Å². The zero-order chi connectivity index (χ0) is 16.5. The number of sulfone groups is 1. The van der Waals surface area contributed by atoms with Crippen LogP contribution in [0.1, 0.15) is 18.4 Å². The topological polar surface area (TPSA) is 95.7 Å². The lowest BCUT2D eigenvalue weighted by Crippen LogP contribution is -2.33. The summed E-state index contributed by atoms with van der Waals surface area (Å²) in [5.41, 5.74) is 5.33. The monoisotopic (exact) mass is 327 g/mol. The molecule has 0 aromatic heterocycles. The Balaban J connectivity index is 2.44. The molecule has 122 valence electrons. The summed E-state index contributed by atoms with van der Waals surface area (Å²) in [6.07, 6.45) is 1.13. The highest BCUT2D eigenvalue weighted by atomic mass is 32.2. The summed E-state index contributed by atoms with van der Waals surface area (Å²) in [7, 11) is -1.89. The molecule has 0 aliphatic heterocycles. The molecule has 1 fully saturated rings. The van der Waals surface area contributed by atoms with Gasteiger partial charge >= 0.3 is 5.97 Å². The number of carbonyl (C=O) groups is 1. The normalized spacial score (nSPS) is 27.3. The molecule has 1 aromatic carbocycles. The van der Waals surface area contributed by atoms with Gasteiger partial charge in [-0.25, -0.2) is 8.42 Å². The maximum absolute atomic E-state index is 12.3. The zero-order valence-electron chi connectivity index (χ0n) is 12.9. The first-order valence-corrected chi connectivity index (χ1v) is 8.98. The second-order valence-electron chi connectivity index (χ2n) is 5.47. The van der Waals surface area contributed by atoms with Crippen molar-refractivity contribution in [1.29, 1.82) is 0 Å². The van der Waals surface area contributed by atoms with E-state index in [9.17, 15) is 13.2 Å². The van der Waals surface area contributed by atoms with Crippen LogP contribution in [0, 0.1) is 5.41 Å². The molecule has 0 saturated heterocycles. The van der Waals surface area contributed by atoms with Crippen molar-refractivity contribution in [3.63, 3.8) is 0 Å². The highest BCUT2D eigenvalue weighted by molar-refractivity contribution is 7.91. The van der Waals surface area contributed by atoms with Gasteiger partial charge in [0.15, 0.2) is 9.84 Å². The van der Waals surface area contributed by atoms with Gasteiger partial charge in [0.1, 0.15) is 11.2 Å². The molecule has 1 aromatic rings. The standard InChI is InChI=1S/C15H21NO5S/c1-4-21-14(17)15(9-16)12(13(15)22(3,18)19)10-5-7-11(20-2)8-6-10/h5-8,12-13H,4,9,16H2,1-3H3/t12-,13+,15+/m1/s1. The van der Waals surface area contributed by atoms with Crippen molar-refractivity contribution in [2.75, 3.05) is 26.5 Å². The molecule has 1 aliphatic carbocycles. The number of ether oxygens (including phenoxy) is 2. The first-order chi connectivity index (χ1) is 10.3. The Kier molecular flexibility index (Phi) is 4.49. The number of carbonyl (C=O) groups excluding carboxylic acids is 1. The Morgan fingerprint density at radius 2 is 1.91 bits per heavy atom. The molecule has 1 aliphatic rings. The second kappa shape index (κ2) is 5.89. The van der Waals surface area contributed by atoms with E-state index in [1.807, 2.05) is 0 Å². The van der Waals surface area contributed by atoms with Crippen molar-refractivity contribution in [2.24, 2.45) is 11.1 Å². The Bertz CT molecular complexity index is 655. The number of rotatable bonds is 6. The molecule has 1 saturated carbocycles. The highest BCUT2D eigenvalue weighted by Gasteiger charge is 2.74. The molecular weight excluding hydrogens is 306 g/mol. The lowest BCUT2D eigenvalue weighted by Gasteiger charge is -2.14. The van der Waals surface area contributed by atoms with Crippen LogP contribution in [-0.4, -0.2) is 46.2 Å². The third-order valence-corrected chi connectivity index (χ3v) is 5.80. The minimum Gasteiger partial charge on any atom is -0.497 e. The summed E-state index contributed by atoms with van der Waals surface area (Å²) in [4.78, 5) is 12.3. The number of benzene rings is 1. The van der Waals surface area contributed by atoms with Crippen LogP contribution in [0.5, 0.6) is 5.75 Å². The summed E-state index contributed by atoms with van der Waals surface area (Å²) in [5.74, 6) is -0.374. The molecule has 0 spiro atoms. The highest BCUT2D eigenvalue weighted by Crippen LogP contribution is 2.63. The first kappa shape index (κ1) is 16.8. The van der Waals surface area contributed by atoms with E-state index in [1.54, 1.807) is 38.3 Å². The molecule has 0 amide bonds. The molecule has 0 heterocycles. The van der Waals surface area contributed by atoms with Gasteiger partial charge in [-0.15, -0.1) is 0 Å². The van der Waals surface area contributed by atoms with Crippen molar-refractivity contribution in [1.82, 2.24) is 0 Å². The molecule has 0 bridgehead atoms. The van der Waals surface area contributed by atoms with Crippen LogP contribution in [0.3, 0.4) is 0 Å². The van der Waals surface area contributed by atoms with E-state index in [0.29, 0.717) is 5.75 Å². The third kappa shape index (κ3) is 2.59. The average molecular weight is 327 g/mol. The smallest absolute Gasteiger partial charge is 0.315 e. The van der Waals surface area contributed by atoms with E-state index in [2.05, 4.69) is 0 Å². The van der Waals surface area contributed by atoms with Gasteiger partial charge in [0.05, 0.1) is 19.0 Å². The quantitative estimate of drug-likeness (QED) is 0.773. The molecule has 22 heavy (non-hydrogen) atoms. The summed E-state index contributed by atoms with van der Waals surface area (Å²) >= 11 is 0. The summed E-state index contributed by atoms with van der Waals surface area (Å²) < 4.78 is 34.4. The van der Waals surface area contributed by atoms with Crippen molar-refractivity contribution in [3.8, 4) is 5.75 Å². The van der Waals surface area contributed by atoms with E-state index in [0.717, 1.165) is 11.8 Å². The van der Waals surface area contributed by atoms with Gasteiger partial charge in [0.2, 0.25) is 0 Å². The van der Waals surface area contributed by atoms with Crippen LogP contribution in [0.25, 0.3) is 0 Å². The minimum absolute atomic E-state index is 0.0692. The van der Waals surface area contributed by atoms with Gasteiger partial charge < -0.3 is 15.2 Å². The molecule has 3 atom stereocenters. The van der Waals surface area contributed by atoms with Gasteiger partial charge in [-0.3, -0.25) is 4.79 Å². The van der Waals surface area contributed by atoms with Crippen molar-refractivity contribution >= 4 is 15.8 Å². The van der Waals surface area contributed by atoms with Crippen LogP contribution < -0.4 is 10.5 Å². The van der Waals surface area contributed by atoms with Crippen LogP contribution in [0.4, 0.5) is 0 Å². The second-order valence-corrected chi connectivity index (χ2v) is 7.63. The Labute approximate surface area is 130 Å². The Hall–Kier alpha value is -1.60. The number of hydrogen-bond acceptors (Lipinski definition) is 6. The molecule has 7 heteroatoms. The van der Waals surface area contributed by atoms with Gasteiger partial charge in [0, 0.05) is 18.7 Å². The zero-order valence-corrected chi connectivity index (χ0v) is 13.7. The maximum atomic E-state index is 12.3. The van der Waals surface area contributed by atoms with Crippen LogP contribution in [0.2, 0.25) is 0 Å². The molecule has 2 rings (SSSR count). The fourth-order valence-electron chi connectivity index (χ4n) is 3.15. The number of methoxy groups -OCH3 is 1. The average Bonchev–Trinajstić information content (AvgIpc) is 3.18. The Morgan fingerprint density at radius 3 is 2.32 bits per heavy atom. The Morgan fingerprint density at radius 1 is 1.32 bits per heavy atom. The van der Waals surface area contributed by atoms with Crippen LogP contribution in [0.15, 0.2) is 24.3 Å². The fraction of sp³-hybridized carbons (Fsp3) is 0.533. The van der Waals surface area contributed by atoms with Crippen molar-refractivity contribution in [3.05, 3.63) is 29.8 Å². The number of nitrogens with two attached hydrogens (primary N) is 1. The lowest BCUT2D eigenvalue weighted by atomic mass is 9.99. The van der Waals surface area contributed by atoms with Gasteiger partial charge in [-0.2, -0.15) is 0 Å². The maximum Gasteiger partial charge on any atom is 0.315 e. The largest absolute Gasteiger partial charge is 0.497 e. The predicted molar refractivity (Wildman–Crippen MR) is 82.5 cm³/mol. The van der Waals surface area contributed by atoms with Gasteiger partial charge in [-0.05, 0) is 24.6 Å². The van der Waals surface area contributed by atoms with E-state index in [1.165, 1.54) is 0 Å². The first-order valence-electron chi connectivity index (χ1n) is 7.03. The van der Waals surface area contributed by atoms with Crippen LogP contribution >= 0.6 is 0 Å². The molecule has 2 N–H and O–H groups in total. The van der Waals surface area contributed by atoms with Crippen molar-refractivity contribution in [2.45, 2.75) is 18.1 Å². The molecule has 6 nitrogen and oxygen atoms in total. The fourth-order valence-corrected chi connectivity index (χ4v) is 5.07. The number of hydrogen-bond donors (Lipinski definition) is 1. The summed E-state index contributed by atoms with van der Waals surface area (Å²) in [6.45, 7) is 1.80. The predicted octanol–water partition coefficient (Wildman–Crippen LogP) is 0.714. The molecule has 0 radical (unpaired) electrons. The third-order valence-electron chi connectivity index (χ3n) is 4.19. The molecular formula is C15H21NO5S. The van der Waals surface area contributed by atoms with Gasteiger partial charge in [0.25, 0.3) is 0 Å². The van der Waals surface area contributed by atoms with Crippen LogP contribution in [-0.2, 0) is 19.4 Å². The van der Waals surface area contributed by atoms with E-state index in [-0.39, 0.29) is 13.2 Å². The number of esters is 1. The van der Waals surface area contributed by atoms with Crippen molar-refractivity contribution < 1.29 is 22.7 Å².